The lowest BCUT2D eigenvalue weighted by Crippen LogP contribution is -2.63. The van der Waals surface area contributed by atoms with Crippen LogP contribution in [0, 0.1) is 28.6 Å². The first-order valence-electron chi connectivity index (χ1n) is 16.4. The predicted octanol–water partition coefficient (Wildman–Crippen LogP) is 2.41. The van der Waals surface area contributed by atoms with Crippen LogP contribution in [0.5, 0.6) is 0 Å². The second-order valence-corrected chi connectivity index (χ2v) is 17.2. The second kappa shape index (κ2) is 12.8. The molecule has 1 heterocycles. The summed E-state index contributed by atoms with van der Waals surface area (Å²) in [6.45, 7) is 10.7. The molecule has 0 aromatic heterocycles. The SMILES string of the molecule is CC(C)(C)[C@@H](NC(=O)N[C@@H](C(=O)N1C[C@H]2[C@@H]([C@H]1C(=O)NC(C(=O)C(N)=O)C1CC1)C2(Cl)Cl)C(C)(C)C)C(=O)OC1Cc2ccccc2C1. The highest BCUT2D eigenvalue weighted by molar-refractivity contribution is 6.51. The Kier molecular flexibility index (Phi) is 9.59. The summed E-state index contributed by atoms with van der Waals surface area (Å²) < 4.78 is 4.61. The number of nitrogens with two attached hydrogens (primary N) is 1. The fourth-order valence-electron chi connectivity index (χ4n) is 6.93. The molecule has 262 valence electrons. The molecule has 1 aromatic carbocycles. The first-order chi connectivity index (χ1) is 22.2. The fraction of sp³-hybridized carbons (Fsp3) is 0.647. The Hall–Kier alpha value is -3.38. The van der Waals surface area contributed by atoms with E-state index in [4.69, 9.17) is 33.7 Å². The van der Waals surface area contributed by atoms with E-state index >= 15 is 0 Å². The normalized spacial score (nSPS) is 24.8. The summed E-state index contributed by atoms with van der Waals surface area (Å²) in [6, 6.07) is 2.69. The largest absolute Gasteiger partial charge is 0.460 e. The molecule has 0 radical (unpaired) electrons. The smallest absolute Gasteiger partial charge is 0.329 e. The van der Waals surface area contributed by atoms with E-state index in [9.17, 15) is 28.8 Å². The van der Waals surface area contributed by atoms with Gasteiger partial charge in [0, 0.05) is 31.2 Å². The summed E-state index contributed by atoms with van der Waals surface area (Å²) in [5.41, 5.74) is 5.90. The zero-order chi connectivity index (χ0) is 35.5. The van der Waals surface area contributed by atoms with Crippen molar-refractivity contribution in [2.45, 2.75) is 102 Å². The number of benzene rings is 1. The van der Waals surface area contributed by atoms with Crippen LogP contribution in [0.4, 0.5) is 4.79 Å². The quantitative estimate of drug-likeness (QED) is 0.164. The number of hydrogen-bond acceptors (Lipinski definition) is 7. The molecular formula is C34H45Cl2N5O7. The van der Waals surface area contributed by atoms with Gasteiger partial charge in [0.05, 0.1) is 0 Å². The first kappa shape index (κ1) is 35.9. The molecule has 6 atom stereocenters. The molecule has 3 aliphatic carbocycles. The number of Topliss-reactive ketones (excluding diaryl/α,β-unsaturated/α-hetero) is 1. The molecule has 5 amide bonds. The molecule has 12 nitrogen and oxygen atoms in total. The van der Waals surface area contributed by atoms with Crippen LogP contribution in [0.2, 0.25) is 0 Å². The van der Waals surface area contributed by atoms with Gasteiger partial charge in [0.1, 0.15) is 34.6 Å². The molecule has 48 heavy (non-hydrogen) atoms. The van der Waals surface area contributed by atoms with Crippen LogP contribution in [0.3, 0.4) is 0 Å². The average molecular weight is 707 g/mol. The molecule has 3 fully saturated rings. The molecule has 1 aromatic rings. The molecule has 5 N–H and O–H groups in total. The molecule has 0 bridgehead atoms. The van der Waals surface area contributed by atoms with E-state index < -0.39 is 86.7 Å². The number of alkyl halides is 2. The maximum Gasteiger partial charge on any atom is 0.329 e. The minimum absolute atomic E-state index is 0.0447. The zero-order valence-electron chi connectivity index (χ0n) is 28.1. The lowest BCUT2D eigenvalue weighted by Gasteiger charge is -2.38. The first-order valence-corrected chi connectivity index (χ1v) is 17.1. The number of urea groups is 1. The molecule has 5 rings (SSSR count). The van der Waals surface area contributed by atoms with Crippen molar-refractivity contribution in [1.82, 2.24) is 20.9 Å². The van der Waals surface area contributed by atoms with E-state index in [1.807, 2.05) is 24.3 Å². The monoisotopic (exact) mass is 705 g/mol. The number of rotatable bonds is 10. The van der Waals surface area contributed by atoms with Gasteiger partial charge in [-0.3, -0.25) is 19.2 Å². The van der Waals surface area contributed by atoms with Gasteiger partial charge in [-0.2, -0.15) is 0 Å². The van der Waals surface area contributed by atoms with Crippen LogP contribution in [0.1, 0.15) is 65.5 Å². The van der Waals surface area contributed by atoms with E-state index in [0.717, 1.165) is 11.1 Å². The minimum Gasteiger partial charge on any atom is -0.460 e. The van der Waals surface area contributed by atoms with Gasteiger partial charge in [0.15, 0.2) is 0 Å². The van der Waals surface area contributed by atoms with Crippen molar-refractivity contribution in [3.63, 3.8) is 0 Å². The number of ketones is 1. The van der Waals surface area contributed by atoms with Crippen molar-refractivity contribution >= 4 is 58.7 Å². The van der Waals surface area contributed by atoms with Gasteiger partial charge < -0.3 is 31.3 Å². The van der Waals surface area contributed by atoms with E-state index in [1.54, 1.807) is 41.5 Å². The fourth-order valence-corrected chi connectivity index (χ4v) is 7.76. The Labute approximate surface area is 290 Å². The predicted molar refractivity (Wildman–Crippen MR) is 178 cm³/mol. The number of hydrogen-bond donors (Lipinski definition) is 4. The highest BCUT2D eigenvalue weighted by Gasteiger charge is 2.74. The average Bonchev–Trinajstić information content (AvgIpc) is 3.77. The number of primary amides is 1. The highest BCUT2D eigenvalue weighted by Crippen LogP contribution is 2.65. The maximum atomic E-state index is 14.2. The number of carbonyl (C=O) groups excluding carboxylic acids is 6. The summed E-state index contributed by atoms with van der Waals surface area (Å²) in [5.74, 6) is -5.15. The van der Waals surface area contributed by atoms with Crippen molar-refractivity contribution < 1.29 is 33.5 Å². The number of ether oxygens (including phenoxy) is 1. The number of esters is 1. The van der Waals surface area contributed by atoms with Crippen molar-refractivity contribution in [3.05, 3.63) is 35.4 Å². The molecule has 1 aliphatic heterocycles. The van der Waals surface area contributed by atoms with Crippen molar-refractivity contribution in [2.24, 2.45) is 34.3 Å². The second-order valence-electron chi connectivity index (χ2n) is 15.7. The summed E-state index contributed by atoms with van der Waals surface area (Å²) >= 11 is 13.0. The number of carbonyl (C=O) groups is 6. The lowest BCUT2D eigenvalue weighted by atomic mass is 9.85. The number of piperidine rings is 1. The number of amides is 5. The van der Waals surface area contributed by atoms with Gasteiger partial charge in [-0.25, -0.2) is 9.59 Å². The number of nitrogens with zero attached hydrogens (tertiary/aromatic N) is 1. The van der Waals surface area contributed by atoms with Gasteiger partial charge in [-0.1, -0.05) is 65.8 Å². The summed E-state index contributed by atoms with van der Waals surface area (Å²) in [5, 5.41) is 8.12. The molecular weight excluding hydrogens is 661 g/mol. The van der Waals surface area contributed by atoms with Gasteiger partial charge in [-0.05, 0) is 40.7 Å². The number of nitrogens with one attached hydrogen (secondary N) is 3. The van der Waals surface area contributed by atoms with E-state index in [2.05, 4.69) is 16.0 Å². The van der Waals surface area contributed by atoms with Crippen LogP contribution in [-0.4, -0.2) is 81.6 Å². The Morgan fingerprint density at radius 1 is 0.896 bits per heavy atom. The summed E-state index contributed by atoms with van der Waals surface area (Å²) in [6.07, 6.45) is 2.10. The van der Waals surface area contributed by atoms with Gasteiger partial charge in [-0.15, -0.1) is 23.2 Å². The maximum absolute atomic E-state index is 14.2. The number of likely N-dealkylation sites (tertiary alicyclic amines) is 1. The van der Waals surface area contributed by atoms with Crippen LogP contribution < -0.4 is 21.7 Å². The van der Waals surface area contributed by atoms with Gasteiger partial charge in [0.2, 0.25) is 17.6 Å². The number of halogens is 2. The Balaban J connectivity index is 1.29. The molecule has 1 unspecified atom stereocenters. The Morgan fingerprint density at radius 3 is 1.94 bits per heavy atom. The van der Waals surface area contributed by atoms with Crippen LogP contribution >= 0.6 is 23.2 Å². The molecule has 4 aliphatic rings. The molecule has 14 heteroatoms. The van der Waals surface area contributed by atoms with Crippen LogP contribution in [-0.2, 0) is 41.6 Å². The third kappa shape index (κ3) is 7.29. The summed E-state index contributed by atoms with van der Waals surface area (Å²) in [4.78, 5) is 80.5. The zero-order valence-corrected chi connectivity index (χ0v) is 29.6. The van der Waals surface area contributed by atoms with Crippen molar-refractivity contribution in [3.8, 4) is 0 Å². The van der Waals surface area contributed by atoms with Gasteiger partial charge >= 0.3 is 12.0 Å². The number of fused-ring (bicyclic) bond motifs is 2. The third-order valence-electron chi connectivity index (χ3n) is 9.86. The van der Waals surface area contributed by atoms with E-state index in [1.165, 1.54) is 4.90 Å². The van der Waals surface area contributed by atoms with Crippen molar-refractivity contribution in [2.75, 3.05) is 6.54 Å². The topological polar surface area (TPSA) is 177 Å². The van der Waals surface area contributed by atoms with Crippen LogP contribution in [0.25, 0.3) is 0 Å². The summed E-state index contributed by atoms with van der Waals surface area (Å²) in [7, 11) is 0. The standard InChI is InChI=1S/C34H45Cl2N5O7/c1-32(2,3)25(39-31(47)40-26(33(4,5)6)30(46)48-19-13-17-9-7-8-10-18(17)14-19)29(45)41-15-20-21(34(20,35)36)23(41)28(44)38-22(16-11-12-16)24(42)27(37)43/h7-10,16,19-23,25-26H,11-15H2,1-6H3,(H2,37,43)(H,38,44)(H2,39,40,47)/t20-,21-,22?,23-,25-,26-/m0/s1. The highest BCUT2D eigenvalue weighted by atomic mass is 35.5. The van der Waals surface area contributed by atoms with Gasteiger partial charge in [0.25, 0.3) is 5.91 Å². The molecule has 1 saturated heterocycles. The Morgan fingerprint density at radius 2 is 1.44 bits per heavy atom. The van der Waals surface area contributed by atoms with E-state index in [-0.39, 0.29) is 18.6 Å². The van der Waals surface area contributed by atoms with Crippen LogP contribution in [0.15, 0.2) is 24.3 Å². The molecule has 0 spiro atoms. The van der Waals surface area contributed by atoms with E-state index in [0.29, 0.717) is 25.7 Å². The molecule has 2 saturated carbocycles. The minimum atomic E-state index is -1.26. The lowest BCUT2D eigenvalue weighted by molar-refractivity contribution is -0.153. The third-order valence-corrected chi connectivity index (χ3v) is 10.9. The van der Waals surface area contributed by atoms with Crippen molar-refractivity contribution in [1.29, 1.82) is 0 Å². The Bertz CT molecular complexity index is 1490.